The highest BCUT2D eigenvalue weighted by Gasteiger charge is 2.26. The van der Waals surface area contributed by atoms with Crippen LogP contribution in [-0.2, 0) is 17.9 Å². The maximum atomic E-state index is 11.4. The number of benzene rings is 3. The lowest BCUT2D eigenvalue weighted by Crippen LogP contribution is -2.28. The molecule has 33 heavy (non-hydrogen) atoms. The van der Waals surface area contributed by atoms with Crippen molar-refractivity contribution >= 4 is 52.2 Å². The number of hydrogen-bond acceptors (Lipinski definition) is 4. The predicted octanol–water partition coefficient (Wildman–Crippen LogP) is 6.88. The number of rotatable bonds is 3. The molecule has 168 valence electrons. The lowest BCUT2D eigenvalue weighted by atomic mass is 10.0. The number of aryl methyl sites for hydroxylation is 1. The lowest BCUT2D eigenvalue weighted by Gasteiger charge is -2.36. The Morgan fingerprint density at radius 2 is 1.48 bits per heavy atom. The fraction of sp³-hybridized carbons (Fsp3) is 0.222. The van der Waals surface area contributed by atoms with Gasteiger partial charge in [0.2, 0.25) is 0 Å². The largest absolute Gasteiger partial charge is 0.370 e. The Kier molecular flexibility index (Phi) is 5.81. The van der Waals surface area contributed by atoms with Gasteiger partial charge >= 0.3 is 0 Å². The van der Waals surface area contributed by atoms with Gasteiger partial charge in [0.05, 0.1) is 17.9 Å². The van der Waals surface area contributed by atoms with Gasteiger partial charge in [-0.3, -0.25) is 4.79 Å². The molecule has 5 rings (SSSR count). The summed E-state index contributed by atoms with van der Waals surface area (Å²) < 4.78 is 0. The van der Waals surface area contributed by atoms with Crippen LogP contribution in [0, 0.1) is 6.92 Å². The second-order valence-corrected chi connectivity index (χ2v) is 9.62. The standard InChI is InChI=1S/C27H25Cl2N3O/c1-18-3-6-26(31-10-9-19(14-31)17-33)27(11-18)32-16-21-13-22(28)4-7-24(21)30(2)15-20-12-23(29)5-8-25(20)32/h3-8,11-14,17H,9-10,15-16H2,1-2H3. The van der Waals surface area contributed by atoms with Crippen molar-refractivity contribution in [1.82, 2.24) is 0 Å². The summed E-state index contributed by atoms with van der Waals surface area (Å²) >= 11 is 12.8. The van der Waals surface area contributed by atoms with E-state index in [2.05, 4.69) is 71.1 Å². The van der Waals surface area contributed by atoms with Crippen LogP contribution in [0.4, 0.5) is 22.7 Å². The zero-order valence-electron chi connectivity index (χ0n) is 18.7. The van der Waals surface area contributed by atoms with E-state index in [1.807, 2.05) is 18.3 Å². The van der Waals surface area contributed by atoms with Crippen LogP contribution in [0.2, 0.25) is 10.0 Å². The molecule has 0 saturated carbocycles. The first kappa shape index (κ1) is 21.9. The molecule has 4 nitrogen and oxygen atoms in total. The van der Waals surface area contributed by atoms with E-state index < -0.39 is 0 Å². The molecule has 2 heterocycles. The average molecular weight is 478 g/mol. The zero-order valence-corrected chi connectivity index (χ0v) is 20.2. The van der Waals surface area contributed by atoms with Crippen molar-refractivity contribution in [3.63, 3.8) is 0 Å². The number of halogens is 2. The summed E-state index contributed by atoms with van der Waals surface area (Å²) in [7, 11) is 2.10. The van der Waals surface area contributed by atoms with Gasteiger partial charge in [0.1, 0.15) is 6.29 Å². The van der Waals surface area contributed by atoms with Gasteiger partial charge < -0.3 is 14.7 Å². The maximum absolute atomic E-state index is 11.4. The number of fused-ring (bicyclic) bond motifs is 2. The van der Waals surface area contributed by atoms with Crippen molar-refractivity contribution < 1.29 is 4.79 Å². The van der Waals surface area contributed by atoms with Crippen LogP contribution in [0.25, 0.3) is 0 Å². The molecule has 0 radical (unpaired) electrons. The molecule has 0 unspecified atom stereocenters. The van der Waals surface area contributed by atoms with Crippen molar-refractivity contribution in [2.75, 3.05) is 28.3 Å². The van der Waals surface area contributed by atoms with Gasteiger partial charge in [-0.05, 0) is 78.6 Å². The third kappa shape index (κ3) is 4.21. The molecule has 3 aromatic carbocycles. The normalized spacial score (nSPS) is 15.5. The number of nitrogens with zero attached hydrogens (tertiary/aromatic N) is 3. The summed E-state index contributed by atoms with van der Waals surface area (Å²) in [6.07, 6.45) is 3.67. The van der Waals surface area contributed by atoms with E-state index in [0.29, 0.717) is 6.54 Å². The topological polar surface area (TPSA) is 26.8 Å². The number of carbonyl (C=O) groups excluding carboxylic acids is 1. The highest BCUT2D eigenvalue weighted by Crippen LogP contribution is 2.43. The van der Waals surface area contributed by atoms with E-state index in [-0.39, 0.29) is 0 Å². The second-order valence-electron chi connectivity index (χ2n) is 8.75. The van der Waals surface area contributed by atoms with E-state index in [9.17, 15) is 4.79 Å². The molecule has 6 heteroatoms. The summed E-state index contributed by atoms with van der Waals surface area (Å²) in [5.41, 5.74) is 8.74. The van der Waals surface area contributed by atoms with E-state index in [0.717, 1.165) is 75.3 Å². The van der Waals surface area contributed by atoms with Gasteiger partial charge in [-0.1, -0.05) is 29.3 Å². The Labute approximate surface area is 204 Å². The highest BCUT2D eigenvalue weighted by molar-refractivity contribution is 6.31. The van der Waals surface area contributed by atoms with Crippen LogP contribution in [0.3, 0.4) is 0 Å². The quantitative estimate of drug-likeness (QED) is 0.384. The molecular formula is C27H25Cl2N3O. The second kappa shape index (κ2) is 8.77. The molecule has 0 saturated heterocycles. The fourth-order valence-corrected chi connectivity index (χ4v) is 5.15. The molecular weight excluding hydrogens is 453 g/mol. The van der Waals surface area contributed by atoms with Gasteiger partial charge in [-0.2, -0.15) is 0 Å². The van der Waals surface area contributed by atoms with E-state index in [1.54, 1.807) is 0 Å². The van der Waals surface area contributed by atoms with Gasteiger partial charge in [0, 0.05) is 53.3 Å². The molecule has 0 aliphatic carbocycles. The molecule has 0 amide bonds. The summed E-state index contributed by atoms with van der Waals surface area (Å²) in [5.74, 6) is 0. The van der Waals surface area contributed by atoms with Crippen LogP contribution in [-0.4, -0.2) is 19.9 Å². The van der Waals surface area contributed by atoms with E-state index in [4.69, 9.17) is 23.2 Å². The molecule has 3 aromatic rings. The smallest absolute Gasteiger partial charge is 0.147 e. The third-order valence-corrected chi connectivity index (χ3v) is 6.84. The molecule has 0 aromatic heterocycles. The number of anilines is 4. The van der Waals surface area contributed by atoms with Gasteiger partial charge in [-0.15, -0.1) is 0 Å². The van der Waals surface area contributed by atoms with E-state index in [1.165, 1.54) is 5.56 Å². The third-order valence-electron chi connectivity index (χ3n) is 6.37. The monoisotopic (exact) mass is 477 g/mol. The first-order chi connectivity index (χ1) is 15.9. The predicted molar refractivity (Wildman–Crippen MR) is 138 cm³/mol. The molecule has 0 atom stereocenters. The SMILES string of the molecule is Cc1ccc(N2C=C(C=O)CC2)c(N2Cc3cc(Cl)ccc3N(C)Cc3cc(Cl)ccc32)c1. The number of aldehydes is 1. The molecule has 0 N–H and O–H groups in total. The van der Waals surface area contributed by atoms with Crippen LogP contribution < -0.4 is 14.7 Å². The van der Waals surface area contributed by atoms with Gasteiger partial charge in [0.15, 0.2) is 0 Å². The zero-order chi connectivity index (χ0) is 23.1. The Balaban J connectivity index is 1.71. The Morgan fingerprint density at radius 3 is 2.18 bits per heavy atom. The van der Waals surface area contributed by atoms with Crippen molar-refractivity contribution in [1.29, 1.82) is 0 Å². The molecule has 0 fully saturated rings. The van der Waals surface area contributed by atoms with Crippen molar-refractivity contribution in [3.8, 4) is 0 Å². The first-order valence-electron chi connectivity index (χ1n) is 11.0. The summed E-state index contributed by atoms with van der Waals surface area (Å²) in [5, 5.41) is 1.45. The molecule has 2 aliphatic rings. The molecule has 0 bridgehead atoms. The average Bonchev–Trinajstić information content (AvgIpc) is 3.26. The first-order valence-corrected chi connectivity index (χ1v) is 11.8. The van der Waals surface area contributed by atoms with Crippen molar-refractivity contribution in [2.45, 2.75) is 26.4 Å². The fourth-order valence-electron chi connectivity index (χ4n) is 4.76. The van der Waals surface area contributed by atoms with Gasteiger partial charge in [0.25, 0.3) is 0 Å². The number of hydrogen-bond donors (Lipinski definition) is 0. The minimum atomic E-state index is 0.656. The highest BCUT2D eigenvalue weighted by atomic mass is 35.5. The summed E-state index contributed by atoms with van der Waals surface area (Å²) in [4.78, 5) is 18.1. The number of carbonyl (C=O) groups is 1. The maximum Gasteiger partial charge on any atom is 0.147 e. The van der Waals surface area contributed by atoms with Crippen LogP contribution in [0.15, 0.2) is 66.4 Å². The van der Waals surface area contributed by atoms with Crippen LogP contribution in [0.5, 0.6) is 0 Å². The summed E-state index contributed by atoms with van der Waals surface area (Å²) in [6.45, 7) is 4.27. The lowest BCUT2D eigenvalue weighted by molar-refractivity contribution is -0.105. The molecule has 0 spiro atoms. The minimum Gasteiger partial charge on any atom is -0.370 e. The summed E-state index contributed by atoms with van der Waals surface area (Å²) in [6, 6.07) is 18.7. The Morgan fingerprint density at radius 1 is 0.818 bits per heavy atom. The van der Waals surface area contributed by atoms with Crippen molar-refractivity contribution in [2.24, 2.45) is 0 Å². The van der Waals surface area contributed by atoms with Crippen molar-refractivity contribution in [3.05, 3.63) is 93.1 Å². The Hall–Kier alpha value is -2.95. The Bertz CT molecular complexity index is 1270. The van der Waals surface area contributed by atoms with Gasteiger partial charge in [-0.25, -0.2) is 0 Å². The van der Waals surface area contributed by atoms with Crippen LogP contribution >= 0.6 is 23.2 Å². The van der Waals surface area contributed by atoms with Crippen LogP contribution in [0.1, 0.15) is 23.1 Å². The van der Waals surface area contributed by atoms with E-state index >= 15 is 0 Å². The molecule has 2 aliphatic heterocycles. The minimum absolute atomic E-state index is 0.656.